The zero-order valence-corrected chi connectivity index (χ0v) is 16.1. The van der Waals surface area contributed by atoms with E-state index in [1.165, 1.54) is 5.56 Å². The summed E-state index contributed by atoms with van der Waals surface area (Å²) >= 11 is 0. The molecule has 0 aromatic carbocycles. The van der Waals surface area contributed by atoms with Crippen molar-refractivity contribution in [3.8, 4) is 0 Å². The van der Waals surface area contributed by atoms with Crippen molar-refractivity contribution in [3.63, 3.8) is 0 Å². The SMILES string of the molecule is COC1CN(c2ccc3c(n2)CC[C@H](N)C3)CC1NC(=O)OC(C)(C)C. The van der Waals surface area contributed by atoms with Crippen molar-refractivity contribution in [2.75, 3.05) is 25.1 Å². The van der Waals surface area contributed by atoms with Gasteiger partial charge in [0.1, 0.15) is 11.4 Å². The molecule has 2 unspecified atom stereocenters. The lowest BCUT2D eigenvalue weighted by Gasteiger charge is -2.24. The highest BCUT2D eigenvalue weighted by Gasteiger charge is 2.36. The molecule has 0 radical (unpaired) electrons. The van der Waals surface area contributed by atoms with Crippen molar-refractivity contribution in [2.45, 2.75) is 63.8 Å². The number of nitrogens with zero attached hydrogens (tertiary/aromatic N) is 2. The fourth-order valence-corrected chi connectivity index (χ4v) is 3.60. The van der Waals surface area contributed by atoms with Crippen molar-refractivity contribution in [2.24, 2.45) is 5.73 Å². The Balaban J connectivity index is 1.68. The van der Waals surface area contributed by atoms with Gasteiger partial charge in [-0.05, 0) is 51.7 Å². The summed E-state index contributed by atoms with van der Waals surface area (Å²) in [5.41, 5.74) is 7.91. The Morgan fingerprint density at radius 2 is 2.12 bits per heavy atom. The number of carbonyl (C=O) groups excluding carboxylic acids is 1. The van der Waals surface area contributed by atoms with Crippen LogP contribution in [0.5, 0.6) is 0 Å². The van der Waals surface area contributed by atoms with Crippen LogP contribution in [0.4, 0.5) is 10.6 Å². The van der Waals surface area contributed by atoms with Crippen LogP contribution in [-0.4, -0.2) is 55.1 Å². The number of aryl methyl sites for hydroxylation is 1. The van der Waals surface area contributed by atoms with Crippen molar-refractivity contribution in [1.82, 2.24) is 10.3 Å². The van der Waals surface area contributed by atoms with Gasteiger partial charge >= 0.3 is 6.09 Å². The van der Waals surface area contributed by atoms with Gasteiger partial charge < -0.3 is 25.4 Å². The first-order chi connectivity index (χ1) is 12.2. The molecule has 144 valence electrons. The Bertz CT molecular complexity index is 659. The first kappa shape index (κ1) is 18.9. The number of fused-ring (bicyclic) bond motifs is 1. The quantitative estimate of drug-likeness (QED) is 0.849. The van der Waals surface area contributed by atoms with Crippen molar-refractivity contribution >= 4 is 11.9 Å². The first-order valence-corrected chi connectivity index (χ1v) is 9.27. The van der Waals surface area contributed by atoms with Crippen LogP contribution in [0.3, 0.4) is 0 Å². The number of rotatable bonds is 3. The molecule has 0 saturated carbocycles. The molecule has 2 heterocycles. The maximum absolute atomic E-state index is 12.1. The number of ether oxygens (including phenoxy) is 2. The molecule has 1 aliphatic heterocycles. The van der Waals surface area contributed by atoms with E-state index in [0.29, 0.717) is 13.1 Å². The van der Waals surface area contributed by atoms with E-state index in [1.54, 1.807) is 7.11 Å². The molecule has 0 bridgehead atoms. The maximum Gasteiger partial charge on any atom is 0.408 e. The highest BCUT2D eigenvalue weighted by atomic mass is 16.6. The summed E-state index contributed by atoms with van der Waals surface area (Å²) in [7, 11) is 1.67. The van der Waals surface area contributed by atoms with Crippen molar-refractivity contribution < 1.29 is 14.3 Å². The lowest BCUT2D eigenvalue weighted by molar-refractivity contribution is 0.0417. The third-order valence-corrected chi connectivity index (χ3v) is 4.88. The van der Waals surface area contributed by atoms with Gasteiger partial charge in [0.05, 0.1) is 12.1 Å². The lowest BCUT2D eigenvalue weighted by atomic mass is 9.92. The van der Waals surface area contributed by atoms with E-state index >= 15 is 0 Å². The minimum Gasteiger partial charge on any atom is -0.444 e. The van der Waals surface area contributed by atoms with Crippen LogP contribution in [0.15, 0.2) is 12.1 Å². The molecule has 1 fully saturated rings. The number of pyridine rings is 1. The minimum atomic E-state index is -0.522. The Kier molecular flexibility index (Phi) is 5.39. The number of amides is 1. The van der Waals surface area contributed by atoms with Gasteiger partial charge in [-0.1, -0.05) is 6.07 Å². The van der Waals surface area contributed by atoms with Gasteiger partial charge in [0.15, 0.2) is 0 Å². The number of carbonyl (C=O) groups is 1. The highest BCUT2D eigenvalue weighted by molar-refractivity contribution is 5.68. The van der Waals surface area contributed by atoms with E-state index in [1.807, 2.05) is 26.8 Å². The Morgan fingerprint density at radius 1 is 1.35 bits per heavy atom. The zero-order chi connectivity index (χ0) is 18.9. The molecule has 1 aromatic heterocycles. The highest BCUT2D eigenvalue weighted by Crippen LogP contribution is 2.25. The summed E-state index contributed by atoms with van der Waals surface area (Å²) in [6.07, 6.45) is 2.28. The van der Waals surface area contributed by atoms with E-state index in [2.05, 4.69) is 16.3 Å². The number of anilines is 1. The molecule has 26 heavy (non-hydrogen) atoms. The van der Waals surface area contributed by atoms with Gasteiger partial charge in [0.2, 0.25) is 0 Å². The maximum atomic E-state index is 12.1. The number of hydrogen-bond donors (Lipinski definition) is 2. The average Bonchev–Trinajstić information content (AvgIpc) is 2.95. The van der Waals surface area contributed by atoms with E-state index < -0.39 is 11.7 Å². The van der Waals surface area contributed by atoms with Crippen LogP contribution in [0.2, 0.25) is 0 Å². The molecule has 2 aliphatic rings. The van der Waals surface area contributed by atoms with Crippen LogP contribution in [0, 0.1) is 0 Å². The van der Waals surface area contributed by atoms with Gasteiger partial charge in [-0.15, -0.1) is 0 Å². The smallest absolute Gasteiger partial charge is 0.408 e. The summed E-state index contributed by atoms with van der Waals surface area (Å²) < 4.78 is 10.9. The van der Waals surface area contributed by atoms with Crippen LogP contribution < -0.4 is 16.0 Å². The van der Waals surface area contributed by atoms with E-state index in [-0.39, 0.29) is 18.2 Å². The molecule has 3 atom stereocenters. The Hall–Kier alpha value is -1.86. The molecule has 7 nitrogen and oxygen atoms in total. The minimum absolute atomic E-state index is 0.103. The van der Waals surface area contributed by atoms with Crippen LogP contribution in [0.25, 0.3) is 0 Å². The van der Waals surface area contributed by atoms with E-state index in [0.717, 1.165) is 30.8 Å². The third kappa shape index (κ3) is 4.45. The van der Waals surface area contributed by atoms with E-state index in [4.69, 9.17) is 20.2 Å². The van der Waals surface area contributed by atoms with Gasteiger partial charge in [0.25, 0.3) is 0 Å². The fourth-order valence-electron chi connectivity index (χ4n) is 3.60. The van der Waals surface area contributed by atoms with Gasteiger partial charge in [-0.2, -0.15) is 0 Å². The number of alkyl carbamates (subject to hydrolysis) is 1. The molecule has 0 spiro atoms. The molecule has 1 saturated heterocycles. The molecule has 1 aliphatic carbocycles. The predicted octanol–water partition coefficient (Wildman–Crippen LogP) is 1.63. The lowest BCUT2D eigenvalue weighted by Crippen LogP contribution is -2.45. The molecular formula is C19H30N4O3. The monoisotopic (exact) mass is 362 g/mol. The topological polar surface area (TPSA) is 89.7 Å². The van der Waals surface area contributed by atoms with E-state index in [9.17, 15) is 4.79 Å². The Morgan fingerprint density at radius 3 is 2.81 bits per heavy atom. The van der Waals surface area contributed by atoms with Crippen molar-refractivity contribution in [1.29, 1.82) is 0 Å². The summed E-state index contributed by atoms with van der Waals surface area (Å²) in [6.45, 7) is 6.88. The van der Waals surface area contributed by atoms with Crippen LogP contribution in [0.1, 0.15) is 38.4 Å². The summed E-state index contributed by atoms with van der Waals surface area (Å²) in [5, 5.41) is 2.93. The molecule has 1 aromatic rings. The molecule has 7 heteroatoms. The Labute approximate surface area is 155 Å². The molecule has 3 N–H and O–H groups in total. The second-order valence-corrected chi connectivity index (χ2v) is 8.21. The average molecular weight is 362 g/mol. The second-order valence-electron chi connectivity index (χ2n) is 8.21. The van der Waals surface area contributed by atoms with Crippen LogP contribution in [-0.2, 0) is 22.3 Å². The standard InChI is InChI=1S/C19H30N4O3/c1-19(2,3)26-18(24)22-15-10-23(11-16(15)25-4)17-8-5-12-9-13(20)6-7-14(12)21-17/h5,8,13,15-16H,6-7,9-11,20H2,1-4H3,(H,22,24)/t13-,15?,16?/m0/s1. The molecule has 1 amide bonds. The van der Waals surface area contributed by atoms with Crippen LogP contribution >= 0.6 is 0 Å². The number of methoxy groups -OCH3 is 1. The molecular weight excluding hydrogens is 332 g/mol. The predicted molar refractivity (Wildman–Crippen MR) is 100 cm³/mol. The second kappa shape index (κ2) is 7.40. The van der Waals surface area contributed by atoms with Gasteiger partial charge in [0, 0.05) is 31.9 Å². The summed E-state index contributed by atoms with van der Waals surface area (Å²) in [6, 6.07) is 4.27. The number of aromatic nitrogens is 1. The van der Waals surface area contributed by atoms with Crippen molar-refractivity contribution in [3.05, 3.63) is 23.4 Å². The number of hydrogen-bond acceptors (Lipinski definition) is 6. The summed E-state index contributed by atoms with van der Waals surface area (Å²) in [4.78, 5) is 19.1. The molecule has 3 rings (SSSR count). The number of nitrogens with one attached hydrogen (secondary N) is 1. The third-order valence-electron chi connectivity index (χ3n) is 4.88. The zero-order valence-electron chi connectivity index (χ0n) is 16.1. The first-order valence-electron chi connectivity index (χ1n) is 9.27. The van der Waals surface area contributed by atoms with Gasteiger partial charge in [-0.25, -0.2) is 9.78 Å². The summed E-state index contributed by atoms with van der Waals surface area (Å²) in [5.74, 6) is 0.926. The fraction of sp³-hybridized carbons (Fsp3) is 0.684. The number of nitrogens with two attached hydrogens (primary N) is 1. The van der Waals surface area contributed by atoms with Gasteiger partial charge in [-0.3, -0.25) is 0 Å². The largest absolute Gasteiger partial charge is 0.444 e. The normalized spacial score (nSPS) is 25.7.